The molecule has 3 aromatic rings. The minimum Gasteiger partial charge on any atom is -0.226 e. The van der Waals surface area contributed by atoms with Gasteiger partial charge in [0.05, 0.1) is 0 Å². The Morgan fingerprint density at radius 1 is 1.22 bits per heavy atom. The number of thioether (sulfide) groups is 1. The average molecular weight is 344 g/mol. The van der Waals surface area contributed by atoms with Crippen molar-refractivity contribution in [3.05, 3.63) is 51.9 Å². The molecule has 23 heavy (non-hydrogen) atoms. The van der Waals surface area contributed by atoms with Crippen LogP contribution >= 0.6 is 23.1 Å². The molecule has 1 fully saturated rings. The van der Waals surface area contributed by atoms with Crippen molar-refractivity contribution in [1.82, 2.24) is 9.97 Å². The second-order valence-electron chi connectivity index (χ2n) is 6.00. The normalized spacial score (nSPS) is 14.6. The fourth-order valence-corrected chi connectivity index (χ4v) is 4.80. The number of thiophene rings is 1. The van der Waals surface area contributed by atoms with Crippen molar-refractivity contribution in [2.45, 2.75) is 43.4 Å². The first-order valence-electron chi connectivity index (χ1n) is 7.77. The summed E-state index contributed by atoms with van der Waals surface area (Å²) in [5, 5.41) is 2.15. The van der Waals surface area contributed by atoms with E-state index in [9.17, 15) is 4.39 Å². The van der Waals surface area contributed by atoms with Crippen molar-refractivity contribution >= 4 is 33.3 Å². The van der Waals surface area contributed by atoms with Gasteiger partial charge in [-0.25, -0.2) is 14.4 Å². The molecule has 0 atom stereocenters. The summed E-state index contributed by atoms with van der Waals surface area (Å²) in [5.74, 6) is 1.94. The average Bonchev–Trinajstić information content (AvgIpc) is 3.34. The van der Waals surface area contributed by atoms with E-state index >= 15 is 0 Å². The molecular formula is C18H17FN2S2. The molecule has 0 spiro atoms. The fourth-order valence-electron chi connectivity index (χ4n) is 2.62. The van der Waals surface area contributed by atoms with Gasteiger partial charge in [-0.1, -0.05) is 18.2 Å². The van der Waals surface area contributed by atoms with Gasteiger partial charge < -0.3 is 0 Å². The van der Waals surface area contributed by atoms with Crippen molar-refractivity contribution in [1.29, 1.82) is 0 Å². The number of rotatable bonds is 4. The zero-order valence-corrected chi connectivity index (χ0v) is 14.7. The number of aromatic nitrogens is 2. The highest BCUT2D eigenvalue weighted by molar-refractivity contribution is 7.98. The van der Waals surface area contributed by atoms with Crippen LogP contribution in [0, 0.1) is 19.7 Å². The molecular weight excluding hydrogens is 327 g/mol. The van der Waals surface area contributed by atoms with Crippen molar-refractivity contribution in [2.24, 2.45) is 0 Å². The first kappa shape index (κ1) is 15.1. The lowest BCUT2D eigenvalue weighted by molar-refractivity contribution is 0.617. The van der Waals surface area contributed by atoms with E-state index in [4.69, 9.17) is 9.97 Å². The second-order valence-corrected chi connectivity index (χ2v) is 8.17. The second kappa shape index (κ2) is 5.87. The Morgan fingerprint density at radius 3 is 2.74 bits per heavy atom. The molecule has 1 aliphatic carbocycles. The highest BCUT2D eigenvalue weighted by Crippen LogP contribution is 2.42. The number of hydrogen-bond donors (Lipinski definition) is 0. The number of nitrogens with zero attached hydrogens (tertiary/aromatic N) is 2. The van der Waals surface area contributed by atoms with Gasteiger partial charge in [0.15, 0.2) is 0 Å². The van der Waals surface area contributed by atoms with Crippen LogP contribution in [0.2, 0.25) is 0 Å². The highest BCUT2D eigenvalue weighted by Gasteiger charge is 2.28. The first-order chi connectivity index (χ1) is 11.1. The van der Waals surface area contributed by atoms with E-state index in [-0.39, 0.29) is 5.82 Å². The third-order valence-corrected chi connectivity index (χ3v) is 6.40. The zero-order chi connectivity index (χ0) is 16.0. The smallest absolute Gasteiger partial charge is 0.134 e. The number of benzene rings is 1. The van der Waals surface area contributed by atoms with Crippen LogP contribution in [-0.4, -0.2) is 9.97 Å². The molecule has 0 saturated heterocycles. The number of aryl methyl sites for hydroxylation is 2. The largest absolute Gasteiger partial charge is 0.226 e. The summed E-state index contributed by atoms with van der Waals surface area (Å²) in [7, 11) is 0. The third kappa shape index (κ3) is 2.88. The molecule has 0 aliphatic heterocycles. The van der Waals surface area contributed by atoms with E-state index in [1.54, 1.807) is 29.2 Å². The summed E-state index contributed by atoms with van der Waals surface area (Å²) in [6, 6.07) is 6.96. The summed E-state index contributed by atoms with van der Waals surface area (Å²) < 4.78 is 13.9. The molecule has 0 amide bonds. The Hall–Kier alpha value is -1.46. The summed E-state index contributed by atoms with van der Waals surface area (Å²) in [6.45, 7) is 4.26. The molecule has 2 aromatic heterocycles. The molecule has 4 rings (SSSR count). The van der Waals surface area contributed by atoms with Crippen LogP contribution in [0.4, 0.5) is 4.39 Å². The predicted octanol–water partition coefficient (Wildman–Crippen LogP) is 5.62. The van der Waals surface area contributed by atoms with Crippen LogP contribution in [0.5, 0.6) is 0 Å². The van der Waals surface area contributed by atoms with Crippen molar-refractivity contribution in [2.75, 3.05) is 0 Å². The monoisotopic (exact) mass is 344 g/mol. The van der Waals surface area contributed by atoms with Gasteiger partial charge in [0, 0.05) is 21.9 Å². The molecule has 5 heteroatoms. The summed E-state index contributed by atoms with van der Waals surface area (Å²) in [5.41, 5.74) is 1.98. The SMILES string of the molecule is Cc1sc2nc(C3CC3)nc(SCc3ccccc3F)c2c1C. The van der Waals surface area contributed by atoms with Crippen LogP contribution in [0.15, 0.2) is 29.3 Å². The Kier molecular flexibility index (Phi) is 3.85. The van der Waals surface area contributed by atoms with E-state index in [0.717, 1.165) is 26.6 Å². The number of fused-ring (bicyclic) bond motifs is 1. The summed E-state index contributed by atoms with van der Waals surface area (Å²) in [6.07, 6.45) is 2.37. The van der Waals surface area contributed by atoms with Gasteiger partial charge in [-0.2, -0.15) is 0 Å². The van der Waals surface area contributed by atoms with Gasteiger partial charge in [0.1, 0.15) is 21.5 Å². The molecule has 1 saturated carbocycles. The molecule has 0 bridgehead atoms. The molecule has 0 N–H and O–H groups in total. The van der Waals surface area contributed by atoms with Crippen LogP contribution in [-0.2, 0) is 5.75 Å². The lowest BCUT2D eigenvalue weighted by Crippen LogP contribution is -1.96. The van der Waals surface area contributed by atoms with Crippen LogP contribution < -0.4 is 0 Å². The Balaban J connectivity index is 1.74. The lowest BCUT2D eigenvalue weighted by Gasteiger charge is -2.07. The zero-order valence-electron chi connectivity index (χ0n) is 13.1. The van der Waals surface area contributed by atoms with E-state index in [2.05, 4.69) is 13.8 Å². The van der Waals surface area contributed by atoms with Gasteiger partial charge in [0.2, 0.25) is 0 Å². The minimum absolute atomic E-state index is 0.147. The minimum atomic E-state index is -0.147. The first-order valence-corrected chi connectivity index (χ1v) is 9.57. The van der Waals surface area contributed by atoms with E-state index < -0.39 is 0 Å². The topological polar surface area (TPSA) is 25.8 Å². The van der Waals surface area contributed by atoms with E-state index in [1.165, 1.54) is 29.3 Å². The molecule has 1 aliphatic rings. The standard InChI is InChI=1S/C18H17FN2S2/c1-10-11(2)23-18-15(10)17(20-16(21-18)12-7-8-12)22-9-13-5-3-4-6-14(13)19/h3-6,12H,7-9H2,1-2H3. The highest BCUT2D eigenvalue weighted by atomic mass is 32.2. The molecule has 2 heterocycles. The quantitative estimate of drug-likeness (QED) is 0.454. The van der Waals surface area contributed by atoms with Crippen LogP contribution in [0.3, 0.4) is 0 Å². The Bertz CT molecular complexity index is 884. The Morgan fingerprint density at radius 2 is 2.00 bits per heavy atom. The third-order valence-electron chi connectivity index (χ3n) is 4.28. The lowest BCUT2D eigenvalue weighted by atomic mass is 10.2. The molecule has 0 unspecified atom stereocenters. The van der Waals surface area contributed by atoms with Gasteiger partial charge in [-0.15, -0.1) is 23.1 Å². The van der Waals surface area contributed by atoms with Gasteiger partial charge in [0.25, 0.3) is 0 Å². The molecule has 118 valence electrons. The summed E-state index contributed by atoms with van der Waals surface area (Å²) in [4.78, 5) is 12.0. The van der Waals surface area contributed by atoms with Crippen LogP contribution in [0.1, 0.15) is 40.6 Å². The number of halogens is 1. The summed E-state index contributed by atoms with van der Waals surface area (Å²) >= 11 is 3.36. The van der Waals surface area contributed by atoms with Crippen LogP contribution in [0.25, 0.3) is 10.2 Å². The maximum Gasteiger partial charge on any atom is 0.134 e. The van der Waals surface area contributed by atoms with E-state index in [1.807, 2.05) is 12.1 Å². The Labute approximate surface area is 143 Å². The van der Waals surface area contributed by atoms with Gasteiger partial charge in [-0.05, 0) is 43.9 Å². The maximum atomic E-state index is 13.9. The van der Waals surface area contributed by atoms with Gasteiger partial charge >= 0.3 is 0 Å². The fraction of sp³-hybridized carbons (Fsp3) is 0.333. The molecule has 2 nitrogen and oxygen atoms in total. The van der Waals surface area contributed by atoms with Crippen molar-refractivity contribution in [3.8, 4) is 0 Å². The van der Waals surface area contributed by atoms with Crippen molar-refractivity contribution < 1.29 is 4.39 Å². The van der Waals surface area contributed by atoms with E-state index in [0.29, 0.717) is 11.7 Å². The predicted molar refractivity (Wildman–Crippen MR) is 94.8 cm³/mol. The molecule has 0 radical (unpaired) electrons. The van der Waals surface area contributed by atoms with Gasteiger partial charge in [-0.3, -0.25) is 0 Å². The molecule has 1 aromatic carbocycles. The van der Waals surface area contributed by atoms with Crippen molar-refractivity contribution in [3.63, 3.8) is 0 Å². The maximum absolute atomic E-state index is 13.9. The number of hydrogen-bond acceptors (Lipinski definition) is 4.